The molecule has 30 heavy (non-hydrogen) atoms. The van der Waals surface area contributed by atoms with Crippen LogP contribution in [0.3, 0.4) is 0 Å². The predicted molar refractivity (Wildman–Crippen MR) is 132 cm³/mol. The van der Waals surface area contributed by atoms with Gasteiger partial charge in [-0.1, -0.05) is 48.5 Å². The number of nitrogens with zero attached hydrogens (tertiary/aromatic N) is 1. The molecule has 0 aliphatic carbocycles. The number of nitrogens with one attached hydrogen (secondary N) is 1. The fraction of sp³-hybridized carbons (Fsp3) is 0.174. The van der Waals surface area contributed by atoms with Crippen molar-refractivity contribution in [3.63, 3.8) is 0 Å². The zero-order chi connectivity index (χ0) is 20.5. The van der Waals surface area contributed by atoms with E-state index in [0.29, 0.717) is 30.6 Å². The lowest BCUT2D eigenvalue weighted by atomic mass is 10.1. The summed E-state index contributed by atoms with van der Waals surface area (Å²) in [6, 6.07) is 23.5. The Morgan fingerprint density at radius 2 is 1.57 bits per heavy atom. The summed E-state index contributed by atoms with van der Waals surface area (Å²) in [6.07, 6.45) is 0. The number of hydrogen-bond donors (Lipinski definition) is 2. The number of anilines is 1. The Morgan fingerprint density at radius 1 is 0.867 bits per heavy atom. The molecule has 0 radical (unpaired) electrons. The fourth-order valence-electron chi connectivity index (χ4n) is 2.87. The normalized spacial score (nSPS) is 10.7. The molecule has 3 N–H and O–H groups in total. The molecule has 3 aromatic rings. The Kier molecular flexibility index (Phi) is 9.27. The van der Waals surface area contributed by atoms with E-state index in [2.05, 4.69) is 22.4 Å². The third-order valence-electron chi connectivity index (χ3n) is 4.26. The van der Waals surface area contributed by atoms with E-state index in [-0.39, 0.29) is 24.0 Å². The van der Waals surface area contributed by atoms with Gasteiger partial charge in [0.2, 0.25) is 0 Å². The summed E-state index contributed by atoms with van der Waals surface area (Å²) in [7, 11) is 3.18. The van der Waals surface area contributed by atoms with Crippen molar-refractivity contribution >= 4 is 35.6 Å². The van der Waals surface area contributed by atoms with Gasteiger partial charge >= 0.3 is 0 Å². The molecule has 0 aliphatic heterocycles. The Morgan fingerprint density at radius 3 is 2.30 bits per heavy atom. The molecule has 0 fully saturated rings. The van der Waals surface area contributed by atoms with Gasteiger partial charge < -0.3 is 25.3 Å². The first-order chi connectivity index (χ1) is 14.2. The van der Waals surface area contributed by atoms with Gasteiger partial charge in [-0.3, -0.25) is 0 Å². The highest BCUT2D eigenvalue weighted by Gasteiger charge is 2.06. The van der Waals surface area contributed by atoms with E-state index >= 15 is 0 Å². The average Bonchev–Trinajstić information content (AvgIpc) is 2.77. The number of rotatable bonds is 8. The number of nitrogens with two attached hydrogens (primary N) is 1. The van der Waals surface area contributed by atoms with Crippen molar-refractivity contribution in [3.8, 4) is 28.4 Å². The van der Waals surface area contributed by atoms with Crippen LogP contribution in [0.1, 0.15) is 0 Å². The third kappa shape index (κ3) is 6.28. The minimum atomic E-state index is 0. The Hall–Kier alpha value is -2.94. The average molecular weight is 519 g/mol. The number of para-hydroxylation sites is 1. The number of guanidine groups is 1. The second kappa shape index (κ2) is 11.9. The lowest BCUT2D eigenvalue weighted by molar-refractivity contribution is 0.330. The second-order valence-electron chi connectivity index (χ2n) is 6.17. The molecule has 0 atom stereocenters. The van der Waals surface area contributed by atoms with Crippen LogP contribution >= 0.6 is 24.0 Å². The van der Waals surface area contributed by atoms with E-state index in [1.54, 1.807) is 26.4 Å². The van der Waals surface area contributed by atoms with Crippen LogP contribution in [0.4, 0.5) is 5.69 Å². The molecule has 0 aliphatic rings. The monoisotopic (exact) mass is 519 g/mol. The largest absolute Gasteiger partial charge is 0.493 e. The molecule has 0 saturated carbocycles. The van der Waals surface area contributed by atoms with E-state index in [1.807, 2.05) is 48.5 Å². The molecule has 0 bridgehead atoms. The topological polar surface area (TPSA) is 78.1 Å². The summed E-state index contributed by atoms with van der Waals surface area (Å²) < 4.78 is 16.4. The molecular formula is C23H26IN3O3. The summed E-state index contributed by atoms with van der Waals surface area (Å²) in [6.45, 7) is 0.841. The van der Waals surface area contributed by atoms with Crippen LogP contribution < -0.4 is 25.3 Å². The summed E-state index contributed by atoms with van der Waals surface area (Å²) in [5, 5.41) is 3.04. The first kappa shape index (κ1) is 23.3. The number of benzene rings is 3. The highest BCUT2D eigenvalue weighted by molar-refractivity contribution is 14.0. The van der Waals surface area contributed by atoms with E-state index < -0.39 is 0 Å². The maximum absolute atomic E-state index is 5.98. The van der Waals surface area contributed by atoms with Crippen LogP contribution in [0, 0.1) is 0 Å². The van der Waals surface area contributed by atoms with Crippen molar-refractivity contribution in [2.75, 3.05) is 32.7 Å². The minimum Gasteiger partial charge on any atom is -0.493 e. The zero-order valence-corrected chi connectivity index (χ0v) is 19.3. The van der Waals surface area contributed by atoms with Gasteiger partial charge in [-0.15, -0.1) is 24.0 Å². The van der Waals surface area contributed by atoms with Crippen molar-refractivity contribution in [1.29, 1.82) is 0 Å². The smallest absolute Gasteiger partial charge is 0.193 e. The molecule has 6 nitrogen and oxygen atoms in total. The van der Waals surface area contributed by atoms with Gasteiger partial charge in [0.05, 0.1) is 20.8 Å². The van der Waals surface area contributed by atoms with Gasteiger partial charge in [0.25, 0.3) is 0 Å². The molecular weight excluding hydrogens is 493 g/mol. The standard InChI is InChI=1S/C23H25N3O3.HI/c1-27-21-13-12-18(16-22(21)28-2)26-23(24)25-14-15-29-20-11-7-6-10-19(20)17-8-4-3-5-9-17;/h3-13,16H,14-15H2,1-2H3,(H3,24,25,26);1H. The number of hydrogen-bond acceptors (Lipinski definition) is 4. The maximum atomic E-state index is 5.98. The molecule has 0 spiro atoms. The molecule has 3 aromatic carbocycles. The Labute approximate surface area is 194 Å². The van der Waals surface area contributed by atoms with E-state index in [4.69, 9.17) is 19.9 Å². The zero-order valence-electron chi connectivity index (χ0n) is 17.0. The lowest BCUT2D eigenvalue weighted by Gasteiger charge is -2.12. The van der Waals surface area contributed by atoms with E-state index in [9.17, 15) is 0 Å². The Bertz CT molecular complexity index is 965. The molecule has 0 aromatic heterocycles. The van der Waals surface area contributed by atoms with Gasteiger partial charge in [0, 0.05) is 17.3 Å². The fourth-order valence-corrected chi connectivity index (χ4v) is 2.87. The van der Waals surface area contributed by atoms with Crippen molar-refractivity contribution in [2.24, 2.45) is 10.7 Å². The number of ether oxygens (including phenoxy) is 3. The quantitative estimate of drug-likeness (QED) is 0.194. The van der Waals surface area contributed by atoms with Gasteiger partial charge in [0.1, 0.15) is 12.4 Å². The van der Waals surface area contributed by atoms with Crippen molar-refractivity contribution in [2.45, 2.75) is 0 Å². The summed E-state index contributed by atoms with van der Waals surface area (Å²) >= 11 is 0. The summed E-state index contributed by atoms with van der Waals surface area (Å²) in [4.78, 5) is 4.32. The van der Waals surface area contributed by atoms with Crippen molar-refractivity contribution < 1.29 is 14.2 Å². The van der Waals surface area contributed by atoms with Crippen molar-refractivity contribution in [1.82, 2.24) is 0 Å². The summed E-state index contributed by atoms with van der Waals surface area (Å²) in [5.41, 5.74) is 8.90. The third-order valence-corrected chi connectivity index (χ3v) is 4.26. The van der Waals surface area contributed by atoms with Crippen LogP contribution in [-0.4, -0.2) is 33.3 Å². The molecule has 158 valence electrons. The number of methoxy groups -OCH3 is 2. The molecule has 0 heterocycles. The first-order valence-electron chi connectivity index (χ1n) is 9.27. The van der Waals surface area contributed by atoms with E-state index in [0.717, 1.165) is 22.6 Å². The van der Waals surface area contributed by atoms with Crippen LogP contribution in [-0.2, 0) is 0 Å². The first-order valence-corrected chi connectivity index (χ1v) is 9.27. The van der Waals surface area contributed by atoms with Crippen LogP contribution in [0.2, 0.25) is 0 Å². The number of halogens is 1. The molecule has 7 heteroatoms. The van der Waals surface area contributed by atoms with Gasteiger partial charge in [0.15, 0.2) is 17.5 Å². The Balaban J connectivity index is 0.00000320. The van der Waals surface area contributed by atoms with Gasteiger partial charge in [-0.05, 0) is 23.8 Å². The van der Waals surface area contributed by atoms with Crippen LogP contribution in [0.25, 0.3) is 11.1 Å². The second-order valence-corrected chi connectivity index (χ2v) is 6.17. The minimum absolute atomic E-state index is 0. The molecule has 0 amide bonds. The highest BCUT2D eigenvalue weighted by atomic mass is 127. The lowest BCUT2D eigenvalue weighted by Crippen LogP contribution is -2.23. The molecule has 0 saturated heterocycles. The van der Waals surface area contributed by atoms with Gasteiger partial charge in [-0.25, -0.2) is 4.99 Å². The van der Waals surface area contributed by atoms with Gasteiger partial charge in [-0.2, -0.15) is 0 Å². The van der Waals surface area contributed by atoms with Crippen LogP contribution in [0.5, 0.6) is 17.2 Å². The van der Waals surface area contributed by atoms with Crippen LogP contribution in [0.15, 0.2) is 77.8 Å². The SMILES string of the molecule is COc1ccc(NC(N)=NCCOc2ccccc2-c2ccccc2)cc1OC.I. The maximum Gasteiger partial charge on any atom is 0.193 e. The van der Waals surface area contributed by atoms with E-state index in [1.165, 1.54) is 0 Å². The molecule has 0 unspecified atom stereocenters. The molecule has 3 rings (SSSR count). The summed E-state index contributed by atoms with van der Waals surface area (Å²) in [5.74, 6) is 2.39. The highest BCUT2D eigenvalue weighted by Crippen LogP contribution is 2.30. The van der Waals surface area contributed by atoms with Crippen molar-refractivity contribution in [3.05, 3.63) is 72.8 Å². The predicted octanol–water partition coefficient (Wildman–Crippen LogP) is 4.79. The number of aliphatic imine (C=N–C) groups is 1.